The van der Waals surface area contributed by atoms with Crippen molar-refractivity contribution < 1.29 is 5.11 Å². The summed E-state index contributed by atoms with van der Waals surface area (Å²) in [5.74, 6) is 2.41. The molecule has 0 radical (unpaired) electrons. The summed E-state index contributed by atoms with van der Waals surface area (Å²) in [5.41, 5.74) is 5.84. The number of rotatable bonds is 2. The first-order valence-electron chi connectivity index (χ1n) is 9.85. The van der Waals surface area contributed by atoms with Gasteiger partial charge in [0.25, 0.3) is 0 Å². The van der Waals surface area contributed by atoms with Crippen LogP contribution < -0.4 is 0 Å². The average Bonchev–Trinajstić information content (AvgIpc) is 3.17. The minimum atomic E-state index is 0.191. The first-order valence-corrected chi connectivity index (χ1v) is 9.85. The largest absolute Gasteiger partial charge is 0.508 e. The lowest BCUT2D eigenvalue weighted by Crippen LogP contribution is -2.44. The predicted octanol–water partition coefficient (Wildman–Crippen LogP) is 4.07. The number of fused-ring (bicyclic) bond motifs is 7. The van der Waals surface area contributed by atoms with Gasteiger partial charge in [0.05, 0.1) is 25.2 Å². The summed E-state index contributed by atoms with van der Waals surface area (Å²) in [6.07, 6.45) is 8.40. The Kier molecular flexibility index (Phi) is 3.44. The molecule has 1 aromatic heterocycles. The number of nitriles is 1. The van der Waals surface area contributed by atoms with E-state index in [0.29, 0.717) is 36.5 Å². The van der Waals surface area contributed by atoms with E-state index >= 15 is 0 Å². The minimum Gasteiger partial charge on any atom is -0.508 e. The first kappa shape index (κ1) is 15.9. The molecule has 1 N–H and O–H groups in total. The molecule has 5 rings (SSSR count). The molecule has 134 valence electrons. The molecule has 4 heteroatoms. The van der Waals surface area contributed by atoms with Crippen LogP contribution in [-0.2, 0) is 24.8 Å². The lowest BCUT2D eigenvalue weighted by atomic mass is 9.55. The second-order valence-corrected chi connectivity index (χ2v) is 8.61. The van der Waals surface area contributed by atoms with Crippen LogP contribution in [0.25, 0.3) is 0 Å². The average molecular weight is 347 g/mol. The molecular weight excluding hydrogens is 322 g/mol. The zero-order chi connectivity index (χ0) is 17.9. The molecule has 4 nitrogen and oxygen atoms in total. The summed E-state index contributed by atoms with van der Waals surface area (Å²) in [4.78, 5) is 0. The van der Waals surface area contributed by atoms with Gasteiger partial charge < -0.3 is 5.11 Å². The number of hydrogen-bond donors (Lipinski definition) is 1. The predicted molar refractivity (Wildman–Crippen MR) is 98.9 cm³/mol. The highest BCUT2D eigenvalue weighted by Gasteiger charge is 2.54. The molecule has 4 unspecified atom stereocenters. The van der Waals surface area contributed by atoms with Gasteiger partial charge >= 0.3 is 0 Å². The quantitative estimate of drug-likeness (QED) is 0.890. The molecule has 0 saturated heterocycles. The van der Waals surface area contributed by atoms with Crippen LogP contribution in [0.2, 0.25) is 0 Å². The number of benzene rings is 1. The van der Waals surface area contributed by atoms with Gasteiger partial charge in [0.15, 0.2) is 0 Å². The lowest BCUT2D eigenvalue weighted by molar-refractivity contribution is 0.0998. The fourth-order valence-corrected chi connectivity index (χ4v) is 6.36. The summed E-state index contributed by atoms with van der Waals surface area (Å²) in [7, 11) is 0. The number of aromatic hydroxyl groups is 1. The van der Waals surface area contributed by atoms with Crippen molar-refractivity contribution in [2.45, 2.75) is 63.3 Å². The zero-order valence-electron chi connectivity index (χ0n) is 15.3. The third-order valence-corrected chi connectivity index (χ3v) is 7.43. The van der Waals surface area contributed by atoms with Crippen LogP contribution >= 0.6 is 0 Å². The Morgan fingerprint density at radius 2 is 2.23 bits per heavy atom. The molecule has 2 aromatic rings. The molecule has 0 amide bonds. The highest BCUT2D eigenvalue weighted by molar-refractivity contribution is 5.43. The lowest BCUT2D eigenvalue weighted by Gasteiger charge is -2.49. The van der Waals surface area contributed by atoms with Crippen LogP contribution in [0.15, 0.2) is 24.4 Å². The van der Waals surface area contributed by atoms with E-state index in [9.17, 15) is 5.11 Å². The maximum atomic E-state index is 9.83. The molecule has 1 aromatic carbocycles. The Bertz CT molecular complexity index is 909. The summed E-state index contributed by atoms with van der Waals surface area (Å²) in [6, 6.07) is 8.26. The third kappa shape index (κ3) is 2.09. The van der Waals surface area contributed by atoms with Crippen molar-refractivity contribution in [3.63, 3.8) is 0 Å². The van der Waals surface area contributed by atoms with Gasteiger partial charge in [-0.05, 0) is 78.7 Å². The number of nitrogens with zero attached hydrogens (tertiary/aromatic N) is 3. The Morgan fingerprint density at radius 3 is 3.08 bits per heavy atom. The third-order valence-electron chi connectivity index (χ3n) is 7.43. The van der Waals surface area contributed by atoms with Crippen LogP contribution in [0, 0.1) is 23.2 Å². The van der Waals surface area contributed by atoms with Gasteiger partial charge in [-0.3, -0.25) is 4.68 Å². The number of hydrogen-bond acceptors (Lipinski definition) is 3. The summed E-state index contributed by atoms with van der Waals surface area (Å²) in [6.45, 7) is 3.15. The molecule has 26 heavy (non-hydrogen) atoms. The Hall–Kier alpha value is -2.28. The molecule has 1 saturated carbocycles. The van der Waals surface area contributed by atoms with Crippen LogP contribution in [0.4, 0.5) is 0 Å². The van der Waals surface area contributed by atoms with Gasteiger partial charge in [-0.2, -0.15) is 10.4 Å². The van der Waals surface area contributed by atoms with Crippen LogP contribution in [0.5, 0.6) is 5.75 Å². The molecule has 3 aliphatic carbocycles. The maximum Gasteiger partial charge on any atom is 0.115 e. The number of aromatic nitrogens is 2. The van der Waals surface area contributed by atoms with E-state index in [1.54, 1.807) is 0 Å². The Labute approximate surface area is 154 Å². The fraction of sp³-hybridized carbons (Fsp3) is 0.545. The van der Waals surface area contributed by atoms with Crippen LogP contribution in [0.3, 0.4) is 0 Å². The smallest absolute Gasteiger partial charge is 0.115 e. The van der Waals surface area contributed by atoms with Crippen molar-refractivity contribution in [2.75, 3.05) is 0 Å². The van der Waals surface area contributed by atoms with Crippen molar-refractivity contribution in [1.82, 2.24) is 9.78 Å². The van der Waals surface area contributed by atoms with Gasteiger partial charge in [0.2, 0.25) is 0 Å². The van der Waals surface area contributed by atoms with Gasteiger partial charge in [0, 0.05) is 11.1 Å². The van der Waals surface area contributed by atoms with E-state index in [1.807, 2.05) is 12.1 Å². The Balaban J connectivity index is 1.50. The molecule has 4 atom stereocenters. The van der Waals surface area contributed by atoms with Gasteiger partial charge in [-0.25, -0.2) is 0 Å². The summed E-state index contributed by atoms with van der Waals surface area (Å²) >= 11 is 0. The van der Waals surface area contributed by atoms with E-state index in [4.69, 9.17) is 5.26 Å². The summed E-state index contributed by atoms with van der Waals surface area (Å²) < 4.78 is 2.12. The number of aryl methyl sites for hydroxylation is 2. The Morgan fingerprint density at radius 1 is 1.35 bits per heavy atom. The SMILES string of the molecule is CC12CCC3c4ccc(O)cc4CCC3C1Cc1cnn(CCC#N)c12. The highest BCUT2D eigenvalue weighted by atomic mass is 16.3. The van der Waals surface area contributed by atoms with Gasteiger partial charge in [0.1, 0.15) is 5.75 Å². The zero-order valence-corrected chi connectivity index (χ0v) is 15.3. The molecule has 0 bridgehead atoms. The monoisotopic (exact) mass is 347 g/mol. The second-order valence-electron chi connectivity index (χ2n) is 8.61. The van der Waals surface area contributed by atoms with Gasteiger partial charge in [-0.15, -0.1) is 0 Å². The fourth-order valence-electron chi connectivity index (χ4n) is 6.36. The molecule has 3 aliphatic rings. The molecule has 1 fully saturated rings. The minimum absolute atomic E-state index is 0.191. The van der Waals surface area contributed by atoms with Crippen molar-refractivity contribution in [2.24, 2.45) is 11.8 Å². The standard InChI is InChI=1S/C22H25N3O/c1-22-8-7-18-17-6-4-16(26)11-14(17)3-5-19(18)20(22)12-15-13-24-25(21(15)22)10-2-9-23/h4,6,11,13,18-20,26H,2-3,5,7-8,10,12H2,1H3. The highest BCUT2D eigenvalue weighted by Crippen LogP contribution is 2.60. The van der Waals surface area contributed by atoms with E-state index in [0.717, 1.165) is 12.8 Å². The topological polar surface area (TPSA) is 61.8 Å². The molecular formula is C22H25N3O. The van der Waals surface area contributed by atoms with Crippen LogP contribution in [0.1, 0.15) is 60.9 Å². The van der Waals surface area contributed by atoms with E-state index in [2.05, 4.69) is 35.0 Å². The van der Waals surface area contributed by atoms with Crippen LogP contribution in [-0.4, -0.2) is 14.9 Å². The molecule has 1 heterocycles. The van der Waals surface area contributed by atoms with E-state index in [-0.39, 0.29) is 5.41 Å². The summed E-state index contributed by atoms with van der Waals surface area (Å²) in [5, 5.41) is 23.4. The van der Waals surface area contributed by atoms with Crippen molar-refractivity contribution >= 4 is 0 Å². The van der Waals surface area contributed by atoms with E-state index < -0.39 is 0 Å². The van der Waals surface area contributed by atoms with Crippen molar-refractivity contribution in [3.05, 3.63) is 46.8 Å². The number of phenolic OH excluding ortho intramolecular Hbond substituents is 1. The number of phenols is 1. The second kappa shape index (κ2) is 5.61. The van der Waals surface area contributed by atoms with E-state index in [1.165, 1.54) is 41.6 Å². The molecule has 0 spiro atoms. The van der Waals surface area contributed by atoms with Gasteiger partial charge in [-0.1, -0.05) is 13.0 Å². The van der Waals surface area contributed by atoms with Crippen molar-refractivity contribution in [1.29, 1.82) is 5.26 Å². The normalized spacial score (nSPS) is 31.5. The van der Waals surface area contributed by atoms with Crippen molar-refractivity contribution in [3.8, 4) is 11.8 Å². The first-order chi connectivity index (χ1) is 12.6. The maximum absolute atomic E-state index is 9.83. The molecule has 0 aliphatic heterocycles.